The molecule has 110 valence electrons. The number of hydrogen-bond donors (Lipinski definition) is 2. The molecule has 1 aromatic rings. The van der Waals surface area contributed by atoms with Gasteiger partial charge in [-0.25, -0.2) is 4.39 Å². The van der Waals surface area contributed by atoms with E-state index in [1.807, 2.05) is 0 Å². The van der Waals surface area contributed by atoms with Gasteiger partial charge in [-0.15, -0.1) is 0 Å². The molecule has 1 saturated heterocycles. The van der Waals surface area contributed by atoms with E-state index in [1.165, 1.54) is 12.1 Å². The van der Waals surface area contributed by atoms with Crippen LogP contribution in [0.1, 0.15) is 25.7 Å². The summed E-state index contributed by atoms with van der Waals surface area (Å²) in [4.78, 5) is 14.1. The minimum Gasteiger partial charge on any atom is -0.396 e. The van der Waals surface area contributed by atoms with E-state index in [0.717, 1.165) is 25.8 Å². The summed E-state index contributed by atoms with van der Waals surface area (Å²) >= 11 is 0. The van der Waals surface area contributed by atoms with Crippen LogP contribution >= 0.6 is 0 Å². The number of carbonyl (C=O) groups excluding carboxylic acids is 1. The highest BCUT2D eigenvalue weighted by Gasteiger charge is 2.23. The van der Waals surface area contributed by atoms with Gasteiger partial charge in [0.25, 0.3) is 0 Å². The highest BCUT2D eigenvalue weighted by Crippen LogP contribution is 2.19. The first-order chi connectivity index (χ1) is 9.69. The number of hydrogen-bond acceptors (Lipinski definition) is 3. The number of carbonyl (C=O) groups is 1. The molecule has 4 nitrogen and oxygen atoms in total. The number of likely N-dealkylation sites (tertiary alicyclic amines) is 1. The van der Waals surface area contributed by atoms with Crippen molar-refractivity contribution in [1.29, 1.82) is 0 Å². The number of benzene rings is 1. The zero-order valence-corrected chi connectivity index (χ0v) is 11.5. The fraction of sp³-hybridized carbons (Fsp3) is 0.533. The van der Waals surface area contributed by atoms with E-state index in [9.17, 15) is 9.18 Å². The number of rotatable bonds is 5. The topological polar surface area (TPSA) is 52.6 Å². The van der Waals surface area contributed by atoms with Crippen LogP contribution in [0.2, 0.25) is 0 Å². The molecule has 1 atom stereocenters. The van der Waals surface area contributed by atoms with Crippen molar-refractivity contribution in [2.24, 2.45) is 0 Å². The van der Waals surface area contributed by atoms with Gasteiger partial charge in [0.2, 0.25) is 5.91 Å². The Hall–Kier alpha value is -1.46. The number of amides is 1. The zero-order valence-electron chi connectivity index (χ0n) is 11.5. The largest absolute Gasteiger partial charge is 0.396 e. The third-order valence-corrected chi connectivity index (χ3v) is 3.67. The Morgan fingerprint density at radius 2 is 2.30 bits per heavy atom. The molecule has 1 aliphatic rings. The summed E-state index contributed by atoms with van der Waals surface area (Å²) in [5.74, 6) is -0.501. The van der Waals surface area contributed by atoms with Crippen LogP contribution < -0.4 is 5.32 Å². The lowest BCUT2D eigenvalue weighted by atomic mass is 10.00. The third-order valence-electron chi connectivity index (χ3n) is 3.67. The molecule has 5 heteroatoms. The average molecular weight is 280 g/mol. The number of piperidine rings is 1. The number of anilines is 1. The van der Waals surface area contributed by atoms with Gasteiger partial charge in [0.15, 0.2) is 0 Å². The van der Waals surface area contributed by atoms with Crippen LogP contribution in [-0.2, 0) is 4.79 Å². The van der Waals surface area contributed by atoms with E-state index in [2.05, 4.69) is 10.2 Å². The molecule has 1 aromatic carbocycles. The quantitative estimate of drug-likeness (QED) is 0.867. The lowest BCUT2D eigenvalue weighted by Gasteiger charge is -2.34. The lowest BCUT2D eigenvalue weighted by molar-refractivity contribution is -0.118. The molecule has 1 heterocycles. The standard InChI is InChI=1S/C15H21FN2O2/c16-12-4-3-5-13(10-12)17-15(20)11-18-8-2-1-6-14(18)7-9-19/h3-5,10,14,19H,1-2,6-9,11H2,(H,17,20). The Morgan fingerprint density at radius 3 is 3.05 bits per heavy atom. The van der Waals surface area contributed by atoms with Crippen molar-refractivity contribution in [2.45, 2.75) is 31.7 Å². The SMILES string of the molecule is O=C(CN1CCCCC1CCO)Nc1cccc(F)c1. The van der Waals surface area contributed by atoms with E-state index >= 15 is 0 Å². The summed E-state index contributed by atoms with van der Waals surface area (Å²) in [6.07, 6.45) is 3.95. The average Bonchev–Trinajstić information content (AvgIpc) is 2.41. The van der Waals surface area contributed by atoms with Crippen molar-refractivity contribution in [1.82, 2.24) is 4.90 Å². The predicted molar refractivity (Wildman–Crippen MR) is 75.9 cm³/mol. The second-order valence-electron chi connectivity index (χ2n) is 5.19. The fourth-order valence-corrected chi connectivity index (χ4v) is 2.70. The normalized spacial score (nSPS) is 19.8. The first kappa shape index (κ1) is 14.9. The molecule has 0 radical (unpaired) electrons. The number of aliphatic hydroxyl groups is 1. The van der Waals surface area contributed by atoms with E-state index in [4.69, 9.17) is 5.11 Å². The minimum absolute atomic E-state index is 0.138. The van der Waals surface area contributed by atoms with Gasteiger partial charge in [-0.1, -0.05) is 12.5 Å². The minimum atomic E-state index is -0.362. The highest BCUT2D eigenvalue weighted by atomic mass is 19.1. The van der Waals surface area contributed by atoms with Crippen LogP contribution in [0.25, 0.3) is 0 Å². The first-order valence-corrected chi connectivity index (χ1v) is 7.09. The highest BCUT2D eigenvalue weighted by molar-refractivity contribution is 5.92. The summed E-state index contributed by atoms with van der Waals surface area (Å²) < 4.78 is 13.0. The molecule has 1 unspecified atom stereocenters. The van der Waals surface area contributed by atoms with Gasteiger partial charge in [0.1, 0.15) is 5.82 Å². The molecule has 2 rings (SSSR count). The summed E-state index contributed by atoms with van der Waals surface area (Å²) in [7, 11) is 0. The van der Waals surface area contributed by atoms with Gasteiger partial charge in [-0.05, 0) is 44.0 Å². The van der Waals surface area contributed by atoms with Crippen LogP contribution in [0.5, 0.6) is 0 Å². The monoisotopic (exact) mass is 280 g/mol. The van der Waals surface area contributed by atoms with Crippen molar-refractivity contribution < 1.29 is 14.3 Å². The van der Waals surface area contributed by atoms with Gasteiger partial charge in [0.05, 0.1) is 6.54 Å². The van der Waals surface area contributed by atoms with Crippen molar-refractivity contribution in [3.05, 3.63) is 30.1 Å². The van der Waals surface area contributed by atoms with E-state index < -0.39 is 0 Å². The molecule has 0 saturated carbocycles. The third kappa shape index (κ3) is 4.28. The number of nitrogens with zero attached hydrogens (tertiary/aromatic N) is 1. The maximum absolute atomic E-state index is 13.0. The number of nitrogens with one attached hydrogen (secondary N) is 1. The zero-order chi connectivity index (χ0) is 14.4. The first-order valence-electron chi connectivity index (χ1n) is 7.09. The van der Waals surface area contributed by atoms with Crippen molar-refractivity contribution in [2.75, 3.05) is 25.0 Å². The molecule has 0 aromatic heterocycles. The van der Waals surface area contributed by atoms with Crippen LogP contribution in [0.4, 0.5) is 10.1 Å². The predicted octanol–water partition coefficient (Wildman–Crippen LogP) is 2.00. The Kier molecular flexibility index (Phi) is 5.49. The van der Waals surface area contributed by atoms with Crippen LogP contribution in [-0.4, -0.2) is 41.7 Å². The van der Waals surface area contributed by atoms with Crippen LogP contribution in [0.15, 0.2) is 24.3 Å². The van der Waals surface area contributed by atoms with E-state index in [0.29, 0.717) is 18.7 Å². The maximum atomic E-state index is 13.0. The number of aliphatic hydroxyl groups excluding tert-OH is 1. The lowest BCUT2D eigenvalue weighted by Crippen LogP contribution is -2.44. The Bertz CT molecular complexity index is 451. The molecule has 0 aliphatic carbocycles. The van der Waals surface area contributed by atoms with E-state index in [-0.39, 0.29) is 24.4 Å². The summed E-state index contributed by atoms with van der Waals surface area (Å²) in [6, 6.07) is 6.16. The molecule has 20 heavy (non-hydrogen) atoms. The molecule has 2 N–H and O–H groups in total. The van der Waals surface area contributed by atoms with Gasteiger partial charge in [0, 0.05) is 18.3 Å². The molecule has 1 fully saturated rings. The summed E-state index contributed by atoms with van der Waals surface area (Å²) in [6.45, 7) is 1.31. The van der Waals surface area contributed by atoms with Gasteiger partial charge in [-0.3, -0.25) is 9.69 Å². The molecule has 0 spiro atoms. The molecule has 1 amide bonds. The maximum Gasteiger partial charge on any atom is 0.238 e. The smallest absolute Gasteiger partial charge is 0.238 e. The van der Waals surface area contributed by atoms with Crippen LogP contribution in [0, 0.1) is 5.82 Å². The second-order valence-corrected chi connectivity index (χ2v) is 5.19. The molecule has 0 bridgehead atoms. The van der Waals surface area contributed by atoms with Crippen molar-refractivity contribution in [3.63, 3.8) is 0 Å². The van der Waals surface area contributed by atoms with Crippen LogP contribution in [0.3, 0.4) is 0 Å². The van der Waals surface area contributed by atoms with Crippen molar-refractivity contribution in [3.8, 4) is 0 Å². The molecular formula is C15H21FN2O2. The second kappa shape index (κ2) is 7.36. The Morgan fingerprint density at radius 1 is 1.45 bits per heavy atom. The number of halogens is 1. The van der Waals surface area contributed by atoms with E-state index in [1.54, 1.807) is 12.1 Å². The fourth-order valence-electron chi connectivity index (χ4n) is 2.70. The molecular weight excluding hydrogens is 259 g/mol. The van der Waals surface area contributed by atoms with Gasteiger partial charge < -0.3 is 10.4 Å². The Balaban J connectivity index is 1.89. The summed E-state index contributed by atoms with van der Waals surface area (Å²) in [5.41, 5.74) is 0.478. The summed E-state index contributed by atoms with van der Waals surface area (Å²) in [5, 5.41) is 11.8. The van der Waals surface area contributed by atoms with Crippen molar-refractivity contribution >= 4 is 11.6 Å². The molecule has 1 aliphatic heterocycles. The Labute approximate surface area is 118 Å². The van der Waals surface area contributed by atoms with Gasteiger partial charge in [-0.2, -0.15) is 0 Å². The van der Waals surface area contributed by atoms with Gasteiger partial charge >= 0.3 is 0 Å².